The van der Waals surface area contributed by atoms with Crippen LogP contribution in [0.5, 0.6) is 0 Å². The van der Waals surface area contributed by atoms with Crippen molar-refractivity contribution in [1.29, 1.82) is 0 Å². The van der Waals surface area contributed by atoms with Crippen molar-refractivity contribution in [3.8, 4) is 11.3 Å². The number of aromatic amines is 2. The minimum absolute atomic E-state index is 0.611. The second-order valence-corrected chi connectivity index (χ2v) is 7.74. The van der Waals surface area contributed by atoms with E-state index in [1.54, 1.807) is 0 Å². The summed E-state index contributed by atoms with van der Waals surface area (Å²) in [7, 11) is 2.22. The predicted molar refractivity (Wildman–Crippen MR) is 111 cm³/mol. The van der Waals surface area contributed by atoms with Crippen LogP contribution in [0.2, 0.25) is 0 Å². The van der Waals surface area contributed by atoms with Gasteiger partial charge < -0.3 is 14.7 Å². The van der Waals surface area contributed by atoms with Gasteiger partial charge in [0, 0.05) is 54.2 Å². The highest BCUT2D eigenvalue weighted by molar-refractivity contribution is 5.94. The van der Waals surface area contributed by atoms with Crippen LogP contribution in [0.15, 0.2) is 36.5 Å². The number of imidazole rings is 1. The Kier molecular flexibility index (Phi) is 4.37. The van der Waals surface area contributed by atoms with Gasteiger partial charge in [0.25, 0.3) is 0 Å². The van der Waals surface area contributed by atoms with E-state index in [1.165, 1.54) is 10.9 Å². The van der Waals surface area contributed by atoms with E-state index in [0.717, 1.165) is 66.4 Å². The molecule has 1 aliphatic rings. The highest BCUT2D eigenvalue weighted by Crippen LogP contribution is 2.29. The van der Waals surface area contributed by atoms with E-state index < -0.39 is 0 Å². The zero-order valence-electron chi connectivity index (χ0n) is 16.3. The fraction of sp³-hybridized carbons (Fsp3) is 0.364. The van der Waals surface area contributed by atoms with Crippen LogP contribution in [-0.2, 0) is 11.3 Å². The average Bonchev–Trinajstić information content (AvgIpc) is 3.30. The van der Waals surface area contributed by atoms with Crippen LogP contribution in [0.3, 0.4) is 0 Å². The first kappa shape index (κ1) is 17.4. The monoisotopic (exact) mass is 375 g/mol. The molecule has 0 amide bonds. The smallest absolute Gasteiger partial charge is 0.178 e. The number of nitrogens with zero attached hydrogens (tertiary/aromatic N) is 3. The maximum atomic E-state index is 5.49. The lowest BCUT2D eigenvalue weighted by Gasteiger charge is -2.31. The summed E-state index contributed by atoms with van der Waals surface area (Å²) in [5, 5.41) is 1.23. The van der Waals surface area contributed by atoms with Crippen LogP contribution in [0, 0.1) is 6.92 Å². The van der Waals surface area contributed by atoms with Crippen molar-refractivity contribution < 1.29 is 4.74 Å². The number of pyridine rings is 1. The average molecular weight is 375 g/mol. The number of hydrogen-bond donors (Lipinski definition) is 2. The number of ether oxygens (including phenoxy) is 1. The summed E-state index contributed by atoms with van der Waals surface area (Å²) >= 11 is 0. The highest BCUT2D eigenvalue weighted by Gasteiger charge is 2.18. The van der Waals surface area contributed by atoms with Gasteiger partial charge in [-0.1, -0.05) is 6.07 Å². The van der Waals surface area contributed by atoms with E-state index in [0.29, 0.717) is 6.04 Å². The Morgan fingerprint density at radius 1 is 1.14 bits per heavy atom. The normalized spacial score (nSPS) is 15.8. The van der Waals surface area contributed by atoms with Gasteiger partial charge in [-0.2, -0.15) is 0 Å². The van der Waals surface area contributed by atoms with E-state index in [-0.39, 0.29) is 0 Å². The minimum atomic E-state index is 0.611. The number of rotatable bonds is 4. The molecular weight excluding hydrogens is 350 g/mol. The Balaban J connectivity index is 1.45. The van der Waals surface area contributed by atoms with Gasteiger partial charge in [0.1, 0.15) is 5.82 Å². The summed E-state index contributed by atoms with van der Waals surface area (Å²) in [5.74, 6) is 0.879. The van der Waals surface area contributed by atoms with Gasteiger partial charge in [-0.15, -0.1) is 0 Å². The molecule has 4 heterocycles. The first-order chi connectivity index (χ1) is 13.7. The van der Waals surface area contributed by atoms with Crippen LogP contribution in [0.25, 0.3) is 33.3 Å². The van der Waals surface area contributed by atoms with Crippen LogP contribution in [-0.4, -0.2) is 51.1 Å². The molecule has 0 unspecified atom stereocenters. The van der Waals surface area contributed by atoms with E-state index in [4.69, 9.17) is 4.74 Å². The molecule has 1 saturated heterocycles. The minimum Gasteiger partial charge on any atom is -0.381 e. The largest absolute Gasteiger partial charge is 0.381 e. The molecule has 3 aromatic heterocycles. The Morgan fingerprint density at radius 3 is 2.86 bits per heavy atom. The van der Waals surface area contributed by atoms with E-state index >= 15 is 0 Å². The lowest BCUT2D eigenvalue weighted by atomic mass is 10.1. The fourth-order valence-corrected chi connectivity index (χ4v) is 4.22. The van der Waals surface area contributed by atoms with E-state index in [9.17, 15) is 0 Å². The molecule has 144 valence electrons. The summed E-state index contributed by atoms with van der Waals surface area (Å²) in [6.45, 7) is 4.67. The van der Waals surface area contributed by atoms with Gasteiger partial charge >= 0.3 is 0 Å². The van der Waals surface area contributed by atoms with Crippen molar-refractivity contribution in [2.45, 2.75) is 32.4 Å². The summed E-state index contributed by atoms with van der Waals surface area (Å²) in [4.78, 5) is 18.2. The summed E-state index contributed by atoms with van der Waals surface area (Å²) in [6, 6.07) is 11.6. The van der Waals surface area contributed by atoms with Crippen molar-refractivity contribution in [2.24, 2.45) is 0 Å². The second-order valence-electron chi connectivity index (χ2n) is 7.74. The topological polar surface area (TPSA) is 69.8 Å². The Bertz CT molecular complexity index is 1120. The summed E-state index contributed by atoms with van der Waals surface area (Å²) in [5.41, 5.74) is 6.40. The third-order valence-electron chi connectivity index (χ3n) is 5.73. The first-order valence-electron chi connectivity index (χ1n) is 9.89. The van der Waals surface area contributed by atoms with Crippen molar-refractivity contribution in [3.63, 3.8) is 0 Å². The van der Waals surface area contributed by atoms with Gasteiger partial charge in [0.05, 0.1) is 5.52 Å². The second kappa shape index (κ2) is 7.04. The number of H-pyrrole nitrogens is 2. The lowest BCUT2D eigenvalue weighted by Crippen LogP contribution is -2.36. The number of fused-ring (bicyclic) bond motifs is 2. The van der Waals surface area contributed by atoms with Crippen molar-refractivity contribution in [1.82, 2.24) is 24.8 Å². The number of aryl methyl sites for hydroxylation is 1. The summed E-state index contributed by atoms with van der Waals surface area (Å²) in [6.07, 6.45) is 4.06. The molecule has 0 radical (unpaired) electrons. The van der Waals surface area contributed by atoms with Gasteiger partial charge in [-0.05, 0) is 56.6 Å². The molecule has 0 aliphatic carbocycles. The van der Waals surface area contributed by atoms with Crippen molar-refractivity contribution in [3.05, 3.63) is 47.9 Å². The number of benzene rings is 1. The zero-order valence-corrected chi connectivity index (χ0v) is 16.3. The zero-order chi connectivity index (χ0) is 19.1. The molecule has 6 heteroatoms. The van der Waals surface area contributed by atoms with E-state index in [1.807, 2.05) is 19.2 Å². The fourth-order valence-electron chi connectivity index (χ4n) is 4.22. The molecule has 0 atom stereocenters. The number of aromatic nitrogens is 4. The Morgan fingerprint density at radius 2 is 2.00 bits per heavy atom. The molecule has 1 aliphatic heterocycles. The van der Waals surface area contributed by atoms with Crippen LogP contribution < -0.4 is 0 Å². The molecule has 1 aromatic carbocycles. The molecule has 4 aromatic rings. The van der Waals surface area contributed by atoms with Crippen LogP contribution in [0.1, 0.15) is 24.2 Å². The third-order valence-corrected chi connectivity index (χ3v) is 5.73. The molecular formula is C22H25N5O. The first-order valence-corrected chi connectivity index (χ1v) is 9.89. The molecule has 0 bridgehead atoms. The van der Waals surface area contributed by atoms with Crippen molar-refractivity contribution >= 4 is 22.1 Å². The van der Waals surface area contributed by atoms with Crippen LogP contribution >= 0.6 is 0 Å². The molecule has 5 rings (SSSR count). The molecule has 0 saturated carbocycles. The quantitative estimate of drug-likeness (QED) is 0.565. The van der Waals surface area contributed by atoms with Crippen molar-refractivity contribution in [2.75, 3.05) is 20.3 Å². The summed E-state index contributed by atoms with van der Waals surface area (Å²) < 4.78 is 5.49. The predicted octanol–water partition coefficient (Wildman–Crippen LogP) is 4.03. The van der Waals surface area contributed by atoms with Gasteiger partial charge in [0.15, 0.2) is 5.65 Å². The molecule has 1 fully saturated rings. The Labute approximate surface area is 163 Å². The van der Waals surface area contributed by atoms with Gasteiger partial charge in [-0.25, -0.2) is 9.97 Å². The maximum Gasteiger partial charge on any atom is 0.178 e. The van der Waals surface area contributed by atoms with Gasteiger partial charge in [0.2, 0.25) is 0 Å². The molecule has 0 spiro atoms. The van der Waals surface area contributed by atoms with Crippen LogP contribution in [0.4, 0.5) is 0 Å². The van der Waals surface area contributed by atoms with Gasteiger partial charge in [-0.3, -0.25) is 4.90 Å². The standard InChI is InChI=1S/C22H25N5O/c1-14-24-21-18(5-8-23-22(21)25-14)20-12-16-11-15(3-4-19(16)26-20)13-27(2)17-6-9-28-10-7-17/h3-5,8,11-12,17,26H,6-7,9-10,13H2,1-2H3,(H,23,24,25). The Hall–Kier alpha value is -2.70. The highest BCUT2D eigenvalue weighted by atomic mass is 16.5. The van der Waals surface area contributed by atoms with E-state index in [2.05, 4.69) is 56.1 Å². The molecule has 2 N–H and O–H groups in total. The number of nitrogens with one attached hydrogen (secondary N) is 2. The maximum absolute atomic E-state index is 5.49. The molecule has 28 heavy (non-hydrogen) atoms. The molecule has 6 nitrogen and oxygen atoms in total. The SMILES string of the molecule is Cc1nc2nccc(-c3cc4cc(CN(C)C5CCOCC5)ccc4[nH]3)c2[nH]1. The lowest BCUT2D eigenvalue weighted by molar-refractivity contribution is 0.0407. The number of hydrogen-bond acceptors (Lipinski definition) is 4. The third kappa shape index (κ3) is 3.19.